The van der Waals surface area contributed by atoms with E-state index in [4.69, 9.17) is 4.74 Å². The topological polar surface area (TPSA) is 70.1 Å². The van der Waals surface area contributed by atoms with E-state index in [2.05, 4.69) is 0 Å². The largest absolute Gasteiger partial charge is 0.488 e. The number of aliphatic carboxylic acids is 1. The van der Waals surface area contributed by atoms with E-state index in [0.29, 0.717) is 21.7 Å². The lowest BCUT2D eigenvalue weighted by Crippen LogP contribution is -2.39. The second kappa shape index (κ2) is 11.1. The number of anilines is 2. The van der Waals surface area contributed by atoms with Gasteiger partial charge < -0.3 is 14.7 Å². The summed E-state index contributed by atoms with van der Waals surface area (Å²) in [5.74, 6) is -4.85. The average molecular weight is 615 g/mol. The molecule has 224 valence electrons. The molecule has 0 bridgehead atoms. The number of likely N-dealkylation sites (N-methyl/N-ethyl adjacent to an activating group) is 1. The second-order valence-electron chi connectivity index (χ2n) is 11.9. The number of benzene rings is 2. The van der Waals surface area contributed by atoms with Gasteiger partial charge in [0.1, 0.15) is 29.2 Å². The molecule has 1 spiro atoms. The van der Waals surface area contributed by atoms with Crippen molar-refractivity contribution < 1.29 is 36.4 Å². The third-order valence-electron chi connectivity index (χ3n) is 8.23. The molecule has 1 heterocycles. The van der Waals surface area contributed by atoms with Gasteiger partial charge in [-0.05, 0) is 75.6 Å². The SMILES string of the molecule is CN1C(CCC(C)(F)F)CN(c2cccc(F)c2)c2cc(SC3CC4(CC4)C3)c(OCC(C)(F)C(=O)O)cc2S1=O. The zero-order chi connectivity index (χ0) is 29.7. The maximum absolute atomic E-state index is 14.7. The number of rotatable bonds is 10. The summed E-state index contributed by atoms with van der Waals surface area (Å²) in [5.41, 5.74) is -1.26. The Morgan fingerprint density at radius 2 is 1.90 bits per heavy atom. The van der Waals surface area contributed by atoms with E-state index in [0.717, 1.165) is 26.7 Å². The van der Waals surface area contributed by atoms with Crippen LogP contribution in [-0.4, -0.2) is 62.7 Å². The number of ether oxygens (including phenoxy) is 1. The fraction of sp³-hybridized carbons (Fsp3) is 0.552. The van der Waals surface area contributed by atoms with Gasteiger partial charge in [0, 0.05) is 43.1 Å². The zero-order valence-corrected chi connectivity index (χ0v) is 24.8. The lowest BCUT2D eigenvalue weighted by atomic mass is 9.81. The number of nitrogens with zero attached hydrogens (tertiary/aromatic N) is 2. The van der Waals surface area contributed by atoms with E-state index in [1.54, 1.807) is 41.9 Å². The highest BCUT2D eigenvalue weighted by Crippen LogP contribution is 2.64. The molecule has 2 aliphatic carbocycles. The van der Waals surface area contributed by atoms with Crippen LogP contribution in [0.3, 0.4) is 0 Å². The van der Waals surface area contributed by atoms with Crippen LogP contribution in [0.1, 0.15) is 52.4 Å². The molecule has 0 radical (unpaired) electrons. The molecular formula is C29H34F4N2O4S2. The van der Waals surface area contributed by atoms with Gasteiger partial charge in [-0.2, -0.15) is 0 Å². The number of carboxylic acid groups (broad SMARTS) is 1. The maximum atomic E-state index is 14.7. The quantitative estimate of drug-likeness (QED) is 0.292. The third kappa shape index (κ3) is 6.69. The predicted molar refractivity (Wildman–Crippen MR) is 151 cm³/mol. The minimum absolute atomic E-state index is 0.0412. The van der Waals surface area contributed by atoms with Crippen molar-refractivity contribution in [3.8, 4) is 5.75 Å². The predicted octanol–water partition coefficient (Wildman–Crippen LogP) is 6.96. The van der Waals surface area contributed by atoms with Crippen molar-refractivity contribution >= 4 is 40.1 Å². The Morgan fingerprint density at radius 1 is 1.20 bits per heavy atom. The molecule has 1 aliphatic heterocycles. The van der Waals surface area contributed by atoms with E-state index in [1.165, 1.54) is 35.3 Å². The van der Waals surface area contributed by atoms with Gasteiger partial charge in [-0.25, -0.2) is 30.9 Å². The smallest absolute Gasteiger partial charge is 0.344 e. The summed E-state index contributed by atoms with van der Waals surface area (Å²) in [5, 5.41) is 9.55. The molecule has 0 amide bonds. The molecule has 2 saturated carbocycles. The number of hydrogen-bond acceptors (Lipinski definition) is 5. The van der Waals surface area contributed by atoms with E-state index >= 15 is 0 Å². The zero-order valence-electron chi connectivity index (χ0n) is 23.2. The van der Waals surface area contributed by atoms with Gasteiger partial charge in [0.25, 0.3) is 0 Å². The van der Waals surface area contributed by atoms with Crippen LogP contribution in [0.2, 0.25) is 0 Å². The number of halogens is 4. The molecule has 2 aromatic rings. The molecule has 0 saturated heterocycles. The maximum Gasteiger partial charge on any atom is 0.344 e. The average Bonchev–Trinajstić information content (AvgIpc) is 3.68. The fourth-order valence-corrected chi connectivity index (χ4v) is 8.37. The first-order chi connectivity index (χ1) is 19.2. The van der Waals surface area contributed by atoms with Gasteiger partial charge in [-0.1, -0.05) is 6.07 Å². The Kier molecular flexibility index (Phi) is 8.14. The summed E-state index contributed by atoms with van der Waals surface area (Å²) in [6, 6.07) is 8.63. The molecular weight excluding hydrogens is 580 g/mol. The summed E-state index contributed by atoms with van der Waals surface area (Å²) >= 11 is 1.55. The van der Waals surface area contributed by atoms with E-state index in [9.17, 15) is 31.7 Å². The fourth-order valence-electron chi connectivity index (χ4n) is 5.41. The summed E-state index contributed by atoms with van der Waals surface area (Å²) in [7, 11) is -0.250. The Balaban J connectivity index is 1.57. The number of fused-ring (bicyclic) bond motifs is 1. The Morgan fingerprint density at radius 3 is 2.51 bits per heavy atom. The molecule has 2 aromatic carbocycles. The molecule has 0 aromatic heterocycles. The van der Waals surface area contributed by atoms with E-state index in [1.807, 2.05) is 0 Å². The van der Waals surface area contributed by atoms with Gasteiger partial charge in [-0.15, -0.1) is 11.8 Å². The monoisotopic (exact) mass is 614 g/mol. The minimum Gasteiger partial charge on any atom is -0.488 e. The minimum atomic E-state index is -2.92. The molecule has 6 nitrogen and oxygen atoms in total. The Labute approximate surface area is 244 Å². The molecule has 3 atom stereocenters. The highest BCUT2D eigenvalue weighted by Gasteiger charge is 2.53. The van der Waals surface area contributed by atoms with Crippen LogP contribution in [0, 0.1) is 11.2 Å². The van der Waals surface area contributed by atoms with Crippen LogP contribution >= 0.6 is 11.8 Å². The van der Waals surface area contributed by atoms with Gasteiger partial charge in [-0.3, -0.25) is 0 Å². The van der Waals surface area contributed by atoms with Crippen molar-refractivity contribution in [2.45, 2.75) is 85.0 Å². The molecule has 2 fully saturated rings. The van der Waals surface area contributed by atoms with Crippen LogP contribution in [0.15, 0.2) is 46.2 Å². The lowest BCUT2D eigenvalue weighted by molar-refractivity contribution is -0.151. The van der Waals surface area contributed by atoms with Gasteiger partial charge in [0.2, 0.25) is 11.6 Å². The van der Waals surface area contributed by atoms with Crippen LogP contribution in [-0.2, 0) is 15.8 Å². The molecule has 5 rings (SSSR count). The van der Waals surface area contributed by atoms with Crippen LogP contribution in [0.25, 0.3) is 0 Å². The van der Waals surface area contributed by atoms with Crippen molar-refractivity contribution in [3.63, 3.8) is 0 Å². The van der Waals surface area contributed by atoms with E-state index < -0.39 is 53.4 Å². The first-order valence-electron chi connectivity index (χ1n) is 13.6. The molecule has 12 heteroatoms. The van der Waals surface area contributed by atoms with Crippen molar-refractivity contribution in [2.24, 2.45) is 5.41 Å². The molecule has 41 heavy (non-hydrogen) atoms. The summed E-state index contributed by atoms with van der Waals surface area (Å²) in [4.78, 5) is 14.1. The van der Waals surface area contributed by atoms with Gasteiger partial charge in [0.15, 0.2) is 0 Å². The molecule has 3 unspecified atom stereocenters. The first kappa shape index (κ1) is 30.2. The highest BCUT2D eigenvalue weighted by molar-refractivity contribution is 8.00. The van der Waals surface area contributed by atoms with Gasteiger partial charge >= 0.3 is 5.97 Å². The Hall–Kier alpha value is -2.31. The number of carboxylic acids is 1. The normalized spacial score (nSPS) is 23.8. The lowest BCUT2D eigenvalue weighted by Gasteiger charge is -2.36. The summed E-state index contributed by atoms with van der Waals surface area (Å²) < 4.78 is 77.9. The standard InChI is InChI=1S/C29H34F4N2O4S2/c1-27(31,26(36)37)17-39-23-13-25-22(12-24(23)40-21-14-29(15-21)9-10-29)35(19-6-4-5-18(30)11-19)16-20(34(3)41(25)38)7-8-28(2,32)33/h4-6,11-13,20-21H,7-10,14-17H2,1-3H3,(H,36,37). The number of alkyl halides is 3. The second-order valence-corrected chi connectivity index (χ2v) is 14.7. The van der Waals surface area contributed by atoms with E-state index in [-0.39, 0.29) is 28.9 Å². The summed E-state index contributed by atoms with van der Waals surface area (Å²) in [6.45, 7) is 1.18. The summed E-state index contributed by atoms with van der Waals surface area (Å²) in [6.07, 6.45) is 4.08. The van der Waals surface area contributed by atoms with Crippen molar-refractivity contribution in [1.29, 1.82) is 0 Å². The first-order valence-corrected chi connectivity index (χ1v) is 15.6. The molecule has 1 N–H and O–H groups in total. The third-order valence-corrected chi connectivity index (χ3v) is 11.0. The van der Waals surface area contributed by atoms with Crippen molar-refractivity contribution in [2.75, 3.05) is 25.1 Å². The van der Waals surface area contributed by atoms with Crippen LogP contribution in [0.5, 0.6) is 5.75 Å². The Bertz CT molecular complexity index is 1340. The highest BCUT2D eigenvalue weighted by atomic mass is 32.2. The molecule has 3 aliphatic rings. The van der Waals surface area contributed by atoms with Gasteiger partial charge in [0.05, 0.1) is 15.5 Å². The van der Waals surface area contributed by atoms with Crippen molar-refractivity contribution in [1.82, 2.24) is 4.31 Å². The van der Waals surface area contributed by atoms with Crippen molar-refractivity contribution in [3.05, 3.63) is 42.2 Å². The van der Waals surface area contributed by atoms with Crippen LogP contribution in [0.4, 0.5) is 28.9 Å². The number of carbonyl (C=O) groups is 1. The number of hydrogen-bond donors (Lipinski definition) is 1. The number of thioether (sulfide) groups is 1. The van der Waals surface area contributed by atoms with Crippen LogP contribution < -0.4 is 9.64 Å².